The van der Waals surface area contributed by atoms with E-state index < -0.39 is 0 Å². The molecule has 146 valence electrons. The number of anilines is 1. The number of nitrogens with zero attached hydrogens (tertiary/aromatic N) is 7. The Morgan fingerprint density at radius 3 is 2.72 bits per heavy atom. The van der Waals surface area contributed by atoms with Crippen LogP contribution in [0, 0.1) is 6.92 Å². The predicted molar refractivity (Wildman–Crippen MR) is 108 cm³/mol. The minimum atomic E-state index is -0.0779. The predicted octanol–water partition coefficient (Wildman–Crippen LogP) is 3.67. The van der Waals surface area contributed by atoms with Gasteiger partial charge in [0.2, 0.25) is 5.95 Å². The molecule has 1 aliphatic rings. The Kier molecular flexibility index (Phi) is 4.31. The second kappa shape index (κ2) is 7.12. The third-order valence-electron chi connectivity index (χ3n) is 5.26. The zero-order valence-corrected chi connectivity index (χ0v) is 16.4. The maximum Gasteiger partial charge on any atom is 0.258 e. The van der Waals surface area contributed by atoms with E-state index in [1.807, 2.05) is 43.3 Å². The lowest BCUT2D eigenvalue weighted by Crippen LogP contribution is -2.35. The fraction of sp³-hybridized carbons (Fsp3) is 0.286. The van der Waals surface area contributed by atoms with Crippen LogP contribution >= 0.6 is 0 Å². The van der Waals surface area contributed by atoms with Gasteiger partial charge in [-0.05, 0) is 44.5 Å². The molecule has 1 atom stereocenters. The van der Waals surface area contributed by atoms with Crippen LogP contribution in [-0.4, -0.2) is 36.4 Å². The summed E-state index contributed by atoms with van der Waals surface area (Å²) < 4.78 is 7.69. The van der Waals surface area contributed by atoms with Crippen LogP contribution in [0.4, 0.5) is 5.95 Å². The van der Waals surface area contributed by atoms with Gasteiger partial charge < -0.3 is 9.42 Å². The van der Waals surface area contributed by atoms with Gasteiger partial charge in [0.1, 0.15) is 0 Å². The van der Waals surface area contributed by atoms with Crippen LogP contribution in [0.5, 0.6) is 0 Å². The largest absolute Gasteiger partial charge is 0.334 e. The molecular weight excluding hydrogens is 366 g/mol. The fourth-order valence-corrected chi connectivity index (χ4v) is 3.73. The molecule has 8 heteroatoms. The molecule has 0 saturated carbocycles. The molecule has 1 aliphatic heterocycles. The van der Waals surface area contributed by atoms with E-state index in [4.69, 9.17) is 4.52 Å². The van der Waals surface area contributed by atoms with Crippen LogP contribution in [0.1, 0.15) is 30.8 Å². The van der Waals surface area contributed by atoms with Gasteiger partial charge in [0.15, 0.2) is 11.6 Å². The second-order valence-corrected chi connectivity index (χ2v) is 7.26. The van der Waals surface area contributed by atoms with Gasteiger partial charge in [-0.3, -0.25) is 9.55 Å². The van der Waals surface area contributed by atoms with Gasteiger partial charge in [-0.15, -0.1) is 10.2 Å². The Balaban J connectivity index is 1.45. The average Bonchev–Trinajstić information content (AvgIpc) is 3.41. The Morgan fingerprint density at radius 2 is 1.90 bits per heavy atom. The lowest BCUT2D eigenvalue weighted by atomic mass is 10.1. The van der Waals surface area contributed by atoms with Crippen molar-refractivity contribution >= 4 is 5.95 Å². The van der Waals surface area contributed by atoms with Crippen molar-refractivity contribution < 1.29 is 4.52 Å². The third-order valence-corrected chi connectivity index (χ3v) is 5.26. The average molecular weight is 387 g/mol. The van der Waals surface area contributed by atoms with Crippen LogP contribution < -0.4 is 4.90 Å². The first-order chi connectivity index (χ1) is 14.2. The number of benzene rings is 1. The maximum atomic E-state index is 5.54. The second-order valence-electron chi connectivity index (χ2n) is 7.26. The summed E-state index contributed by atoms with van der Waals surface area (Å²) in [5.74, 6) is 2.86. The van der Waals surface area contributed by atoms with E-state index in [1.54, 1.807) is 12.4 Å². The Hall–Kier alpha value is -3.55. The summed E-state index contributed by atoms with van der Waals surface area (Å²) in [6.07, 6.45) is 4.54. The lowest BCUT2D eigenvalue weighted by Gasteiger charge is -2.32. The highest BCUT2D eigenvalue weighted by Gasteiger charge is 2.29. The summed E-state index contributed by atoms with van der Waals surface area (Å²) in [5, 5.41) is 13.1. The highest BCUT2D eigenvalue weighted by molar-refractivity contribution is 5.58. The van der Waals surface area contributed by atoms with Crippen molar-refractivity contribution in [2.75, 3.05) is 11.4 Å². The fourth-order valence-electron chi connectivity index (χ4n) is 3.73. The first-order valence-corrected chi connectivity index (χ1v) is 9.71. The maximum absolute atomic E-state index is 5.54. The van der Waals surface area contributed by atoms with Gasteiger partial charge in [-0.25, -0.2) is 0 Å². The van der Waals surface area contributed by atoms with Gasteiger partial charge in [0.25, 0.3) is 5.89 Å². The molecule has 3 aromatic heterocycles. The van der Waals surface area contributed by atoms with E-state index in [0.717, 1.165) is 48.0 Å². The van der Waals surface area contributed by atoms with Crippen LogP contribution in [0.15, 0.2) is 53.3 Å². The summed E-state index contributed by atoms with van der Waals surface area (Å²) in [5.41, 5.74) is 3.09. The quantitative estimate of drug-likeness (QED) is 0.528. The summed E-state index contributed by atoms with van der Waals surface area (Å²) in [4.78, 5) is 10.9. The molecule has 0 saturated heterocycles. The molecule has 0 radical (unpaired) electrons. The van der Waals surface area contributed by atoms with E-state index in [0.29, 0.717) is 11.7 Å². The number of pyridine rings is 1. The molecule has 4 heterocycles. The molecule has 1 aromatic carbocycles. The summed E-state index contributed by atoms with van der Waals surface area (Å²) >= 11 is 0. The first-order valence-electron chi connectivity index (χ1n) is 9.71. The number of aromatic nitrogens is 6. The van der Waals surface area contributed by atoms with Gasteiger partial charge in [-0.1, -0.05) is 22.9 Å². The van der Waals surface area contributed by atoms with Crippen molar-refractivity contribution in [3.05, 3.63) is 60.2 Å². The molecule has 0 aliphatic carbocycles. The number of hydrogen-bond donors (Lipinski definition) is 0. The molecule has 4 aromatic rings. The van der Waals surface area contributed by atoms with Crippen molar-refractivity contribution in [1.29, 1.82) is 0 Å². The van der Waals surface area contributed by atoms with Crippen LogP contribution in [-0.2, 0) is 6.54 Å². The van der Waals surface area contributed by atoms with Gasteiger partial charge >= 0.3 is 0 Å². The van der Waals surface area contributed by atoms with E-state index in [1.165, 1.54) is 0 Å². The number of fused-ring (bicyclic) bond motifs is 1. The Bertz CT molecular complexity index is 1130. The zero-order chi connectivity index (χ0) is 19.8. The summed E-state index contributed by atoms with van der Waals surface area (Å²) in [7, 11) is 0. The molecule has 0 fully saturated rings. The van der Waals surface area contributed by atoms with Crippen LogP contribution in [0.2, 0.25) is 0 Å². The highest BCUT2D eigenvalue weighted by atomic mass is 16.5. The Morgan fingerprint density at radius 1 is 1.03 bits per heavy atom. The molecule has 0 unspecified atom stereocenters. The van der Waals surface area contributed by atoms with E-state index >= 15 is 0 Å². The molecule has 0 amide bonds. The number of hydrogen-bond acceptors (Lipinski definition) is 7. The zero-order valence-electron chi connectivity index (χ0n) is 16.4. The SMILES string of the molecule is Cc1cccc(-c2nc([C@@H](C)N3CCCn4c(-c5ccncc5)nnc43)no2)c1. The minimum absolute atomic E-state index is 0.0779. The molecular formula is C21H21N7O. The summed E-state index contributed by atoms with van der Waals surface area (Å²) in [6.45, 7) is 5.86. The monoisotopic (exact) mass is 387 g/mol. The Labute approximate surface area is 168 Å². The number of rotatable bonds is 4. The minimum Gasteiger partial charge on any atom is -0.334 e. The van der Waals surface area contributed by atoms with Crippen LogP contribution in [0.3, 0.4) is 0 Å². The normalized spacial score (nSPS) is 14.6. The summed E-state index contributed by atoms with van der Waals surface area (Å²) in [6, 6.07) is 11.9. The van der Waals surface area contributed by atoms with Crippen molar-refractivity contribution in [1.82, 2.24) is 29.9 Å². The van der Waals surface area contributed by atoms with E-state index in [-0.39, 0.29) is 6.04 Å². The van der Waals surface area contributed by atoms with Gasteiger partial charge in [0.05, 0.1) is 6.04 Å². The molecule has 5 rings (SSSR count). The molecule has 0 N–H and O–H groups in total. The van der Waals surface area contributed by atoms with E-state index in [9.17, 15) is 0 Å². The van der Waals surface area contributed by atoms with E-state index in [2.05, 4.69) is 41.7 Å². The molecule has 8 nitrogen and oxygen atoms in total. The van der Waals surface area contributed by atoms with Gasteiger partial charge in [0, 0.05) is 36.6 Å². The molecule has 0 bridgehead atoms. The van der Waals surface area contributed by atoms with Crippen molar-refractivity contribution in [2.45, 2.75) is 32.9 Å². The first kappa shape index (κ1) is 17.5. The van der Waals surface area contributed by atoms with Crippen LogP contribution in [0.25, 0.3) is 22.8 Å². The molecule has 29 heavy (non-hydrogen) atoms. The van der Waals surface area contributed by atoms with Crippen molar-refractivity contribution in [2.24, 2.45) is 0 Å². The van der Waals surface area contributed by atoms with Crippen molar-refractivity contribution in [3.8, 4) is 22.8 Å². The third kappa shape index (κ3) is 3.16. The van der Waals surface area contributed by atoms with Gasteiger partial charge in [-0.2, -0.15) is 4.98 Å². The number of aryl methyl sites for hydroxylation is 1. The highest BCUT2D eigenvalue weighted by Crippen LogP contribution is 2.32. The smallest absolute Gasteiger partial charge is 0.258 e. The molecule has 0 spiro atoms. The standard InChI is InChI=1S/C21H21N7O/c1-14-5-3-6-17(13-14)20-23-18(26-29-20)15(2)27-11-4-12-28-19(24-25-21(27)28)16-7-9-22-10-8-16/h3,5-10,13,15H,4,11-12H2,1-2H3/t15-/m1/s1. The lowest BCUT2D eigenvalue weighted by molar-refractivity contribution is 0.411. The topological polar surface area (TPSA) is 85.8 Å². The van der Waals surface area contributed by atoms with Crippen molar-refractivity contribution in [3.63, 3.8) is 0 Å².